The maximum atomic E-state index is 5.61. The summed E-state index contributed by atoms with van der Waals surface area (Å²) in [5.74, 6) is 2.15. The zero-order chi connectivity index (χ0) is 20.2. The van der Waals surface area contributed by atoms with Crippen molar-refractivity contribution in [2.24, 2.45) is 0 Å². The Labute approximate surface area is 170 Å². The normalized spacial score (nSPS) is 11.2. The fourth-order valence-electron chi connectivity index (χ4n) is 3.38. The van der Waals surface area contributed by atoms with Gasteiger partial charge in [-0.25, -0.2) is 4.98 Å². The van der Waals surface area contributed by atoms with Gasteiger partial charge in [0.1, 0.15) is 11.6 Å². The number of fused-ring (bicyclic) bond motifs is 1. The van der Waals surface area contributed by atoms with Crippen molar-refractivity contribution in [2.75, 3.05) is 19.0 Å². The predicted octanol–water partition coefficient (Wildman–Crippen LogP) is 4.58. The molecule has 0 aliphatic rings. The number of ether oxygens (including phenoxy) is 1. The van der Waals surface area contributed by atoms with E-state index in [1.165, 1.54) is 5.56 Å². The molecule has 6 heteroatoms. The molecule has 4 aromatic rings. The third-order valence-corrected chi connectivity index (χ3v) is 5.00. The molecule has 0 amide bonds. The quantitative estimate of drug-likeness (QED) is 0.503. The Morgan fingerprint density at radius 2 is 1.93 bits per heavy atom. The van der Waals surface area contributed by atoms with Gasteiger partial charge in [0.05, 0.1) is 18.9 Å². The predicted molar refractivity (Wildman–Crippen MR) is 115 cm³/mol. The summed E-state index contributed by atoms with van der Waals surface area (Å²) in [6.45, 7) is 5.13. The topological polar surface area (TPSA) is 64.3 Å². The monoisotopic (exact) mass is 387 g/mol. The Hall–Kier alpha value is -3.41. The minimum absolute atomic E-state index is 0.429. The third-order valence-electron chi connectivity index (χ3n) is 5.00. The van der Waals surface area contributed by atoms with Crippen LogP contribution in [0.1, 0.15) is 31.0 Å². The van der Waals surface area contributed by atoms with Gasteiger partial charge >= 0.3 is 0 Å². The van der Waals surface area contributed by atoms with E-state index in [0.717, 1.165) is 47.0 Å². The molecule has 0 unspecified atom stereocenters. The number of benzene rings is 1. The van der Waals surface area contributed by atoms with E-state index in [4.69, 9.17) is 4.74 Å². The summed E-state index contributed by atoms with van der Waals surface area (Å²) in [4.78, 5) is 8.96. The van der Waals surface area contributed by atoms with Gasteiger partial charge in [-0.2, -0.15) is 9.61 Å². The lowest BCUT2D eigenvalue weighted by atomic mass is 9.97. The van der Waals surface area contributed by atoms with Gasteiger partial charge in [-0.3, -0.25) is 4.98 Å². The molecule has 3 aromatic heterocycles. The van der Waals surface area contributed by atoms with Crippen LogP contribution in [0.5, 0.6) is 5.75 Å². The van der Waals surface area contributed by atoms with Crippen molar-refractivity contribution in [3.63, 3.8) is 0 Å². The first-order valence-electron chi connectivity index (χ1n) is 9.82. The molecule has 0 aliphatic heterocycles. The van der Waals surface area contributed by atoms with E-state index < -0.39 is 0 Å². The van der Waals surface area contributed by atoms with Gasteiger partial charge in [-0.1, -0.05) is 26.0 Å². The zero-order valence-electron chi connectivity index (χ0n) is 17.0. The van der Waals surface area contributed by atoms with Crippen LogP contribution in [-0.4, -0.2) is 33.2 Å². The molecule has 0 saturated heterocycles. The third kappa shape index (κ3) is 3.92. The largest absolute Gasteiger partial charge is 0.496 e. The van der Waals surface area contributed by atoms with E-state index in [0.29, 0.717) is 5.92 Å². The lowest BCUT2D eigenvalue weighted by Crippen LogP contribution is -2.10. The second-order valence-corrected chi connectivity index (χ2v) is 7.24. The summed E-state index contributed by atoms with van der Waals surface area (Å²) >= 11 is 0. The highest BCUT2D eigenvalue weighted by Crippen LogP contribution is 2.35. The molecule has 6 nitrogen and oxygen atoms in total. The van der Waals surface area contributed by atoms with Crippen molar-refractivity contribution >= 4 is 11.5 Å². The first-order valence-corrected chi connectivity index (χ1v) is 9.82. The molecule has 1 aromatic carbocycles. The highest BCUT2D eigenvalue weighted by molar-refractivity contribution is 5.82. The van der Waals surface area contributed by atoms with Crippen molar-refractivity contribution in [1.29, 1.82) is 0 Å². The van der Waals surface area contributed by atoms with Gasteiger partial charge in [0, 0.05) is 36.6 Å². The van der Waals surface area contributed by atoms with Crippen LogP contribution in [0.2, 0.25) is 0 Å². The summed E-state index contributed by atoms with van der Waals surface area (Å²) in [6, 6.07) is 14.2. The Morgan fingerprint density at radius 1 is 1.03 bits per heavy atom. The van der Waals surface area contributed by atoms with Crippen LogP contribution in [0.4, 0.5) is 5.82 Å². The lowest BCUT2D eigenvalue weighted by Gasteiger charge is -2.12. The molecular weight excluding hydrogens is 362 g/mol. The number of methoxy groups -OCH3 is 1. The summed E-state index contributed by atoms with van der Waals surface area (Å²) < 4.78 is 7.45. The Balaban J connectivity index is 1.65. The minimum atomic E-state index is 0.429. The smallest absolute Gasteiger partial charge is 0.165 e. The average molecular weight is 387 g/mol. The van der Waals surface area contributed by atoms with Gasteiger partial charge in [0.15, 0.2) is 5.65 Å². The summed E-state index contributed by atoms with van der Waals surface area (Å²) in [5.41, 5.74) is 5.07. The van der Waals surface area contributed by atoms with Crippen LogP contribution >= 0.6 is 0 Å². The summed E-state index contributed by atoms with van der Waals surface area (Å²) in [6.07, 6.45) is 6.32. The molecule has 148 valence electrons. The van der Waals surface area contributed by atoms with Gasteiger partial charge in [-0.05, 0) is 41.8 Å². The first-order chi connectivity index (χ1) is 14.2. The molecule has 0 aliphatic carbocycles. The summed E-state index contributed by atoms with van der Waals surface area (Å²) in [5, 5.41) is 8.04. The van der Waals surface area contributed by atoms with Gasteiger partial charge in [0.25, 0.3) is 0 Å². The van der Waals surface area contributed by atoms with Crippen molar-refractivity contribution in [3.05, 3.63) is 72.3 Å². The molecule has 0 atom stereocenters. The number of aromatic nitrogens is 4. The Morgan fingerprint density at radius 3 is 2.69 bits per heavy atom. The number of pyridine rings is 1. The van der Waals surface area contributed by atoms with E-state index in [2.05, 4.69) is 46.4 Å². The molecular formula is C23H25N5O. The molecule has 4 rings (SSSR count). The summed E-state index contributed by atoms with van der Waals surface area (Å²) in [7, 11) is 1.69. The Kier molecular flexibility index (Phi) is 5.42. The molecule has 0 saturated carbocycles. The zero-order valence-corrected chi connectivity index (χ0v) is 17.0. The molecule has 1 N–H and O–H groups in total. The van der Waals surface area contributed by atoms with E-state index in [-0.39, 0.29) is 0 Å². The number of nitrogens with zero attached hydrogens (tertiary/aromatic N) is 4. The van der Waals surface area contributed by atoms with Crippen LogP contribution in [0, 0.1) is 0 Å². The van der Waals surface area contributed by atoms with Crippen molar-refractivity contribution < 1.29 is 4.74 Å². The number of hydrogen-bond acceptors (Lipinski definition) is 5. The van der Waals surface area contributed by atoms with Gasteiger partial charge in [-0.15, -0.1) is 0 Å². The lowest BCUT2D eigenvalue weighted by molar-refractivity contribution is 0.416. The SMILES string of the molecule is COc1ccc(C(C)C)cc1-c1cnn2c(NCCc3ccccn3)ccnc12. The molecule has 0 spiro atoms. The van der Waals surface area contributed by atoms with Crippen molar-refractivity contribution in [2.45, 2.75) is 26.2 Å². The average Bonchev–Trinajstić information content (AvgIpc) is 3.19. The maximum Gasteiger partial charge on any atom is 0.165 e. The second-order valence-electron chi connectivity index (χ2n) is 7.24. The molecule has 3 heterocycles. The highest BCUT2D eigenvalue weighted by Gasteiger charge is 2.16. The van der Waals surface area contributed by atoms with Crippen LogP contribution < -0.4 is 10.1 Å². The number of rotatable bonds is 7. The minimum Gasteiger partial charge on any atom is -0.496 e. The van der Waals surface area contributed by atoms with Gasteiger partial charge < -0.3 is 10.1 Å². The molecule has 0 bridgehead atoms. The van der Waals surface area contributed by atoms with Crippen molar-refractivity contribution in [1.82, 2.24) is 19.6 Å². The Bertz CT molecular complexity index is 1100. The fraction of sp³-hybridized carbons (Fsp3) is 0.261. The van der Waals surface area contributed by atoms with E-state index >= 15 is 0 Å². The van der Waals surface area contributed by atoms with Crippen LogP contribution in [0.3, 0.4) is 0 Å². The second kappa shape index (κ2) is 8.31. The molecule has 29 heavy (non-hydrogen) atoms. The van der Waals surface area contributed by atoms with E-state index in [1.807, 2.05) is 53.4 Å². The van der Waals surface area contributed by atoms with Crippen molar-refractivity contribution in [3.8, 4) is 16.9 Å². The van der Waals surface area contributed by atoms with E-state index in [1.54, 1.807) is 7.11 Å². The van der Waals surface area contributed by atoms with Crippen LogP contribution in [-0.2, 0) is 6.42 Å². The van der Waals surface area contributed by atoms with Crippen LogP contribution in [0.25, 0.3) is 16.8 Å². The highest BCUT2D eigenvalue weighted by atomic mass is 16.5. The standard InChI is InChI=1S/C23H25N5O/c1-16(2)17-7-8-21(29-3)19(14-17)20-15-27-28-22(10-13-26-23(20)28)25-12-9-18-6-4-5-11-24-18/h4-8,10-11,13-16,25H,9,12H2,1-3H3. The molecule has 0 fully saturated rings. The fourth-order valence-corrected chi connectivity index (χ4v) is 3.38. The number of hydrogen-bond donors (Lipinski definition) is 1. The number of anilines is 1. The first kappa shape index (κ1) is 18.9. The van der Waals surface area contributed by atoms with Crippen LogP contribution in [0.15, 0.2) is 61.1 Å². The molecule has 0 radical (unpaired) electrons. The van der Waals surface area contributed by atoms with Gasteiger partial charge in [0.2, 0.25) is 0 Å². The number of nitrogens with one attached hydrogen (secondary N) is 1. The maximum absolute atomic E-state index is 5.61. The van der Waals surface area contributed by atoms with E-state index in [9.17, 15) is 0 Å².